The number of nitrogens with one attached hydrogen (secondary N) is 2. The summed E-state index contributed by atoms with van der Waals surface area (Å²) in [5.41, 5.74) is 0. The van der Waals surface area contributed by atoms with Crippen molar-refractivity contribution in [3.05, 3.63) is 11.6 Å². The molecule has 0 spiro atoms. The van der Waals surface area contributed by atoms with Gasteiger partial charge in [0.2, 0.25) is 10.0 Å². The van der Waals surface area contributed by atoms with Crippen molar-refractivity contribution in [3.8, 4) is 0 Å². The molecular formula is C16H29N7O2S2. The second kappa shape index (κ2) is 9.24. The molecular weight excluding hydrogens is 386 g/mol. The lowest BCUT2D eigenvalue weighted by atomic mass is 10.1. The van der Waals surface area contributed by atoms with Crippen LogP contribution in [0.1, 0.15) is 25.0 Å². The van der Waals surface area contributed by atoms with Gasteiger partial charge in [0.1, 0.15) is 5.82 Å². The Kier molecular flexibility index (Phi) is 6.99. The van der Waals surface area contributed by atoms with Gasteiger partial charge in [-0.15, -0.1) is 0 Å². The van der Waals surface area contributed by atoms with Gasteiger partial charge in [-0.3, -0.25) is 4.99 Å². The molecule has 3 rings (SSSR count). The minimum atomic E-state index is -3.21. The van der Waals surface area contributed by atoms with Crippen molar-refractivity contribution in [2.75, 3.05) is 43.9 Å². The fourth-order valence-corrected chi connectivity index (χ4v) is 5.76. The molecule has 152 valence electrons. The molecule has 1 fully saturated rings. The Bertz CT molecular complexity index is 757. The molecule has 0 amide bonds. The van der Waals surface area contributed by atoms with Crippen LogP contribution in [0, 0.1) is 0 Å². The van der Waals surface area contributed by atoms with Crippen LogP contribution in [-0.2, 0) is 29.4 Å². The average Bonchev–Trinajstić information content (AvgIpc) is 3.10. The van der Waals surface area contributed by atoms with Crippen LogP contribution >= 0.6 is 11.8 Å². The predicted molar refractivity (Wildman–Crippen MR) is 109 cm³/mol. The summed E-state index contributed by atoms with van der Waals surface area (Å²) >= 11 is 1.80. The normalized spacial score (nSPS) is 21.7. The number of rotatable bonds is 6. The van der Waals surface area contributed by atoms with Crippen molar-refractivity contribution < 1.29 is 8.42 Å². The molecule has 1 aromatic rings. The summed E-state index contributed by atoms with van der Waals surface area (Å²) in [6, 6.07) is 0.200. The molecule has 27 heavy (non-hydrogen) atoms. The number of hydrogen-bond acceptors (Lipinski definition) is 6. The van der Waals surface area contributed by atoms with Crippen LogP contribution in [0.5, 0.6) is 0 Å². The van der Waals surface area contributed by atoms with Crippen molar-refractivity contribution in [2.45, 2.75) is 38.8 Å². The van der Waals surface area contributed by atoms with E-state index in [0.29, 0.717) is 25.6 Å². The Morgan fingerprint density at radius 2 is 2.15 bits per heavy atom. The number of aromatic nitrogens is 3. The maximum Gasteiger partial charge on any atom is 0.215 e. The Labute approximate surface area is 165 Å². The molecule has 3 heterocycles. The van der Waals surface area contributed by atoms with Gasteiger partial charge in [-0.1, -0.05) is 6.92 Å². The number of hydrogen-bond donors (Lipinski definition) is 2. The van der Waals surface area contributed by atoms with Crippen molar-refractivity contribution in [1.82, 2.24) is 29.7 Å². The Balaban J connectivity index is 1.47. The van der Waals surface area contributed by atoms with E-state index in [9.17, 15) is 8.42 Å². The highest BCUT2D eigenvalue weighted by Crippen LogP contribution is 2.14. The van der Waals surface area contributed by atoms with Crippen LogP contribution in [0.15, 0.2) is 4.99 Å². The summed E-state index contributed by atoms with van der Waals surface area (Å²) in [4.78, 5) is 8.76. The Hall–Kier alpha value is -1.33. The van der Waals surface area contributed by atoms with E-state index in [1.807, 2.05) is 4.68 Å². The van der Waals surface area contributed by atoms with Crippen LogP contribution in [0.2, 0.25) is 0 Å². The molecule has 1 aromatic heterocycles. The van der Waals surface area contributed by atoms with E-state index >= 15 is 0 Å². The second-order valence-corrected chi connectivity index (χ2v) is 10.00. The van der Waals surface area contributed by atoms with Gasteiger partial charge in [0.05, 0.1) is 12.3 Å². The standard InChI is InChI=1S/C16H29N7O2S2/c1-3-14-20-15-5-4-13(12-23(15)21-14)19-16(17-2)18-6-11-27(24,25)22-7-9-26-10-8-22/h13H,3-12H2,1-2H3,(H2,17,18,19). The van der Waals surface area contributed by atoms with E-state index in [0.717, 1.165) is 49.0 Å². The quantitative estimate of drug-likeness (QED) is 0.485. The maximum absolute atomic E-state index is 12.4. The summed E-state index contributed by atoms with van der Waals surface area (Å²) in [5, 5.41) is 11.0. The summed E-state index contributed by atoms with van der Waals surface area (Å²) in [5.74, 6) is 4.39. The minimum absolute atomic E-state index is 0.0795. The molecule has 2 N–H and O–H groups in total. The number of aryl methyl sites for hydroxylation is 2. The number of thioether (sulfide) groups is 1. The fourth-order valence-electron chi connectivity index (χ4n) is 3.27. The van der Waals surface area contributed by atoms with Gasteiger partial charge in [-0.2, -0.15) is 16.9 Å². The highest BCUT2D eigenvalue weighted by molar-refractivity contribution is 7.99. The van der Waals surface area contributed by atoms with Crippen molar-refractivity contribution in [3.63, 3.8) is 0 Å². The molecule has 1 unspecified atom stereocenters. The lowest BCUT2D eigenvalue weighted by molar-refractivity contribution is 0.392. The molecule has 11 heteroatoms. The topological polar surface area (TPSA) is 105 Å². The first-order valence-corrected chi connectivity index (χ1v) is 12.2. The van der Waals surface area contributed by atoms with Crippen molar-refractivity contribution in [2.24, 2.45) is 4.99 Å². The summed E-state index contributed by atoms with van der Waals surface area (Å²) < 4.78 is 28.4. The van der Waals surface area contributed by atoms with E-state index in [1.165, 1.54) is 0 Å². The number of aliphatic imine (C=N–C) groups is 1. The van der Waals surface area contributed by atoms with Crippen LogP contribution in [0.3, 0.4) is 0 Å². The highest BCUT2D eigenvalue weighted by atomic mass is 32.2. The zero-order valence-corrected chi connectivity index (χ0v) is 17.7. The number of fused-ring (bicyclic) bond motifs is 1. The molecule has 1 saturated heterocycles. The van der Waals surface area contributed by atoms with Gasteiger partial charge in [0, 0.05) is 57.1 Å². The first-order valence-electron chi connectivity index (χ1n) is 9.47. The Morgan fingerprint density at radius 3 is 2.85 bits per heavy atom. The average molecular weight is 416 g/mol. The van der Waals surface area contributed by atoms with E-state index in [-0.39, 0.29) is 11.8 Å². The van der Waals surface area contributed by atoms with Gasteiger partial charge in [0.25, 0.3) is 0 Å². The fraction of sp³-hybridized carbons (Fsp3) is 0.812. The van der Waals surface area contributed by atoms with E-state index in [2.05, 4.69) is 32.6 Å². The SMILES string of the molecule is CCc1nc2n(n1)CC(NC(=NC)NCCS(=O)(=O)N1CCSCC1)CC2. The molecule has 9 nitrogen and oxygen atoms in total. The first-order chi connectivity index (χ1) is 13.0. The highest BCUT2D eigenvalue weighted by Gasteiger charge is 2.25. The van der Waals surface area contributed by atoms with Crippen LogP contribution in [-0.4, -0.2) is 83.4 Å². The van der Waals surface area contributed by atoms with Gasteiger partial charge < -0.3 is 10.6 Å². The number of sulfonamides is 1. The lowest BCUT2D eigenvalue weighted by Crippen LogP contribution is -2.48. The minimum Gasteiger partial charge on any atom is -0.355 e. The van der Waals surface area contributed by atoms with E-state index in [1.54, 1.807) is 23.1 Å². The third-order valence-electron chi connectivity index (χ3n) is 4.80. The molecule has 0 bridgehead atoms. The summed E-state index contributed by atoms with van der Waals surface area (Å²) in [6.07, 6.45) is 2.67. The molecule has 2 aliphatic heterocycles. The zero-order valence-electron chi connectivity index (χ0n) is 16.0. The zero-order chi connectivity index (χ0) is 19.3. The maximum atomic E-state index is 12.4. The third kappa shape index (κ3) is 5.35. The van der Waals surface area contributed by atoms with E-state index < -0.39 is 10.0 Å². The van der Waals surface area contributed by atoms with Gasteiger partial charge in [-0.05, 0) is 6.42 Å². The summed E-state index contributed by atoms with van der Waals surface area (Å²) in [6.45, 7) is 4.36. The van der Waals surface area contributed by atoms with Gasteiger partial charge in [0.15, 0.2) is 11.8 Å². The van der Waals surface area contributed by atoms with E-state index in [4.69, 9.17) is 0 Å². The van der Waals surface area contributed by atoms with Crippen LogP contribution < -0.4 is 10.6 Å². The van der Waals surface area contributed by atoms with Crippen LogP contribution in [0.4, 0.5) is 0 Å². The lowest BCUT2D eigenvalue weighted by Gasteiger charge is -2.27. The van der Waals surface area contributed by atoms with Crippen molar-refractivity contribution in [1.29, 1.82) is 0 Å². The molecule has 0 saturated carbocycles. The molecule has 0 aliphatic carbocycles. The largest absolute Gasteiger partial charge is 0.355 e. The Morgan fingerprint density at radius 1 is 1.37 bits per heavy atom. The number of nitrogens with zero attached hydrogens (tertiary/aromatic N) is 5. The van der Waals surface area contributed by atoms with Crippen molar-refractivity contribution >= 4 is 27.7 Å². The molecule has 2 aliphatic rings. The van der Waals surface area contributed by atoms with Gasteiger partial charge in [-0.25, -0.2) is 22.4 Å². The first kappa shape index (κ1) is 20.4. The molecule has 0 radical (unpaired) electrons. The predicted octanol–water partition coefficient (Wildman–Crippen LogP) is -0.301. The summed E-state index contributed by atoms with van der Waals surface area (Å²) in [7, 11) is -1.51. The monoisotopic (exact) mass is 415 g/mol. The van der Waals surface area contributed by atoms with Gasteiger partial charge >= 0.3 is 0 Å². The smallest absolute Gasteiger partial charge is 0.215 e. The molecule has 0 aromatic carbocycles. The second-order valence-electron chi connectivity index (χ2n) is 6.69. The number of guanidine groups is 1. The van der Waals surface area contributed by atoms with Crippen LogP contribution in [0.25, 0.3) is 0 Å². The third-order valence-corrected chi connectivity index (χ3v) is 7.61. The molecule has 1 atom stereocenters.